The van der Waals surface area contributed by atoms with Crippen LogP contribution >= 0.6 is 12.2 Å². The van der Waals surface area contributed by atoms with Gasteiger partial charge in [0.1, 0.15) is 5.82 Å². The summed E-state index contributed by atoms with van der Waals surface area (Å²) in [5.74, 6) is -0.234. The monoisotopic (exact) mass is 302 g/mol. The largest absolute Gasteiger partial charge is 0.356 e. The van der Waals surface area contributed by atoms with Gasteiger partial charge in [-0.2, -0.15) is 0 Å². The van der Waals surface area contributed by atoms with E-state index < -0.39 is 0 Å². The van der Waals surface area contributed by atoms with Crippen LogP contribution in [0.25, 0.3) is 0 Å². The lowest BCUT2D eigenvalue weighted by Crippen LogP contribution is -2.30. The van der Waals surface area contributed by atoms with E-state index in [2.05, 4.69) is 36.6 Å². The van der Waals surface area contributed by atoms with E-state index in [0.29, 0.717) is 5.11 Å². The molecule has 0 aliphatic carbocycles. The van der Waals surface area contributed by atoms with E-state index >= 15 is 0 Å². The SMILES string of the molecule is Cc1ccc(NC(=S)N[C@H](C)c2ccc(F)cc2)cc1C. The third kappa shape index (κ3) is 4.26. The first-order valence-electron chi connectivity index (χ1n) is 6.86. The molecule has 2 aromatic rings. The molecule has 4 heteroatoms. The first-order chi connectivity index (χ1) is 9.95. The van der Waals surface area contributed by atoms with E-state index in [1.165, 1.54) is 23.3 Å². The molecule has 0 aromatic heterocycles. The molecule has 0 unspecified atom stereocenters. The Morgan fingerprint density at radius 1 is 1.05 bits per heavy atom. The van der Waals surface area contributed by atoms with Crippen LogP contribution in [-0.4, -0.2) is 5.11 Å². The number of nitrogens with one attached hydrogen (secondary N) is 2. The Bertz CT molecular complexity index is 638. The summed E-state index contributed by atoms with van der Waals surface area (Å²) in [5, 5.41) is 6.92. The molecule has 21 heavy (non-hydrogen) atoms. The molecule has 0 heterocycles. The van der Waals surface area contributed by atoms with Gasteiger partial charge in [-0.25, -0.2) is 4.39 Å². The van der Waals surface area contributed by atoms with Crippen molar-refractivity contribution in [2.24, 2.45) is 0 Å². The lowest BCUT2D eigenvalue weighted by atomic mass is 10.1. The third-order valence-electron chi connectivity index (χ3n) is 3.48. The maximum absolute atomic E-state index is 12.9. The summed E-state index contributed by atoms with van der Waals surface area (Å²) < 4.78 is 12.9. The highest BCUT2D eigenvalue weighted by molar-refractivity contribution is 7.80. The number of rotatable bonds is 3. The molecule has 0 amide bonds. The van der Waals surface area contributed by atoms with Crippen LogP contribution in [0.4, 0.5) is 10.1 Å². The Labute approximate surface area is 130 Å². The maximum Gasteiger partial charge on any atom is 0.171 e. The molecular weight excluding hydrogens is 283 g/mol. The van der Waals surface area contributed by atoms with Crippen molar-refractivity contribution >= 4 is 23.0 Å². The molecule has 0 bridgehead atoms. The molecule has 110 valence electrons. The minimum Gasteiger partial charge on any atom is -0.356 e. The molecule has 0 saturated carbocycles. The zero-order chi connectivity index (χ0) is 15.4. The third-order valence-corrected chi connectivity index (χ3v) is 3.70. The zero-order valence-electron chi connectivity index (χ0n) is 12.4. The van der Waals surface area contributed by atoms with Crippen LogP contribution in [0.3, 0.4) is 0 Å². The molecule has 2 rings (SSSR count). The second-order valence-corrected chi connectivity index (χ2v) is 5.58. The van der Waals surface area contributed by atoms with Crippen LogP contribution in [0.15, 0.2) is 42.5 Å². The first-order valence-corrected chi connectivity index (χ1v) is 7.27. The Kier molecular flexibility index (Phi) is 4.91. The number of anilines is 1. The molecule has 2 N–H and O–H groups in total. The highest BCUT2D eigenvalue weighted by Crippen LogP contribution is 2.16. The minimum absolute atomic E-state index is 0.0112. The normalized spacial score (nSPS) is 11.8. The number of aryl methyl sites for hydroxylation is 2. The fraction of sp³-hybridized carbons (Fsp3) is 0.235. The van der Waals surface area contributed by atoms with Gasteiger partial charge in [-0.3, -0.25) is 0 Å². The van der Waals surface area contributed by atoms with Gasteiger partial charge in [0, 0.05) is 5.69 Å². The summed E-state index contributed by atoms with van der Waals surface area (Å²) >= 11 is 5.32. The standard InChI is InChI=1S/C17H19FN2S/c1-11-4-9-16(10-12(11)2)20-17(21)19-13(3)14-5-7-15(18)8-6-14/h4-10,13H,1-3H3,(H2,19,20,21)/t13-/m1/s1. The predicted octanol–water partition coefficient (Wildman–Crippen LogP) is 4.49. The number of hydrogen-bond acceptors (Lipinski definition) is 1. The Morgan fingerprint density at radius 2 is 1.71 bits per heavy atom. The fourth-order valence-corrected chi connectivity index (χ4v) is 2.31. The first kappa shape index (κ1) is 15.4. The van der Waals surface area contributed by atoms with E-state index in [-0.39, 0.29) is 11.9 Å². The number of thiocarbonyl (C=S) groups is 1. The smallest absolute Gasteiger partial charge is 0.171 e. The number of benzene rings is 2. The Morgan fingerprint density at radius 3 is 2.33 bits per heavy atom. The summed E-state index contributed by atoms with van der Waals surface area (Å²) in [7, 11) is 0. The molecule has 0 radical (unpaired) electrons. The van der Waals surface area contributed by atoms with E-state index in [9.17, 15) is 4.39 Å². The minimum atomic E-state index is -0.234. The molecule has 0 fully saturated rings. The number of halogens is 1. The van der Waals surface area contributed by atoms with Gasteiger partial charge in [0.15, 0.2) is 5.11 Å². The van der Waals surface area contributed by atoms with Crippen molar-refractivity contribution in [3.63, 3.8) is 0 Å². The molecule has 0 saturated heterocycles. The van der Waals surface area contributed by atoms with Crippen molar-refractivity contribution in [3.05, 3.63) is 65.0 Å². The van der Waals surface area contributed by atoms with E-state index in [4.69, 9.17) is 12.2 Å². The van der Waals surface area contributed by atoms with Crippen LogP contribution in [0.2, 0.25) is 0 Å². The number of hydrogen-bond donors (Lipinski definition) is 2. The fourth-order valence-electron chi connectivity index (χ4n) is 2.02. The van der Waals surface area contributed by atoms with Crippen LogP contribution < -0.4 is 10.6 Å². The summed E-state index contributed by atoms with van der Waals surface area (Å²) in [4.78, 5) is 0. The van der Waals surface area contributed by atoms with Gasteiger partial charge in [-0.15, -0.1) is 0 Å². The molecule has 0 aliphatic heterocycles. The van der Waals surface area contributed by atoms with Gasteiger partial charge in [-0.05, 0) is 73.9 Å². The van der Waals surface area contributed by atoms with Gasteiger partial charge in [0.2, 0.25) is 0 Å². The van der Waals surface area contributed by atoms with Crippen molar-refractivity contribution in [3.8, 4) is 0 Å². The lowest BCUT2D eigenvalue weighted by Gasteiger charge is -2.18. The summed E-state index contributed by atoms with van der Waals surface area (Å²) in [6, 6.07) is 12.5. The molecule has 2 nitrogen and oxygen atoms in total. The van der Waals surface area contributed by atoms with E-state index in [0.717, 1.165) is 11.3 Å². The molecule has 0 aliphatic rings. The van der Waals surface area contributed by atoms with Crippen LogP contribution in [0.1, 0.15) is 29.7 Å². The molecular formula is C17H19FN2S. The van der Waals surface area contributed by atoms with Crippen molar-refractivity contribution in [1.29, 1.82) is 0 Å². The van der Waals surface area contributed by atoms with Crippen molar-refractivity contribution in [2.75, 3.05) is 5.32 Å². The molecule has 0 spiro atoms. The maximum atomic E-state index is 12.9. The van der Waals surface area contributed by atoms with Crippen molar-refractivity contribution in [1.82, 2.24) is 5.32 Å². The summed E-state index contributed by atoms with van der Waals surface area (Å²) in [6.07, 6.45) is 0. The summed E-state index contributed by atoms with van der Waals surface area (Å²) in [5.41, 5.74) is 4.41. The molecule has 2 aromatic carbocycles. The van der Waals surface area contributed by atoms with Crippen molar-refractivity contribution in [2.45, 2.75) is 26.8 Å². The predicted molar refractivity (Wildman–Crippen MR) is 90.1 cm³/mol. The van der Waals surface area contributed by atoms with Crippen LogP contribution in [0, 0.1) is 19.7 Å². The highest BCUT2D eigenvalue weighted by atomic mass is 32.1. The molecule has 1 atom stereocenters. The summed E-state index contributed by atoms with van der Waals surface area (Å²) in [6.45, 7) is 6.13. The average molecular weight is 302 g/mol. The Balaban J connectivity index is 1.97. The van der Waals surface area contributed by atoms with Gasteiger partial charge >= 0.3 is 0 Å². The second kappa shape index (κ2) is 6.68. The van der Waals surface area contributed by atoms with Crippen LogP contribution in [-0.2, 0) is 0 Å². The average Bonchev–Trinajstić information content (AvgIpc) is 2.43. The quantitative estimate of drug-likeness (QED) is 0.817. The van der Waals surface area contributed by atoms with Gasteiger partial charge in [0.05, 0.1) is 6.04 Å². The topological polar surface area (TPSA) is 24.1 Å². The Hall–Kier alpha value is -1.94. The van der Waals surface area contributed by atoms with Gasteiger partial charge < -0.3 is 10.6 Å². The van der Waals surface area contributed by atoms with Crippen molar-refractivity contribution < 1.29 is 4.39 Å². The second-order valence-electron chi connectivity index (χ2n) is 5.17. The zero-order valence-corrected chi connectivity index (χ0v) is 13.2. The highest BCUT2D eigenvalue weighted by Gasteiger charge is 2.07. The van der Waals surface area contributed by atoms with Gasteiger partial charge in [-0.1, -0.05) is 18.2 Å². The van der Waals surface area contributed by atoms with Crippen LogP contribution in [0.5, 0.6) is 0 Å². The van der Waals surface area contributed by atoms with Gasteiger partial charge in [0.25, 0.3) is 0 Å². The lowest BCUT2D eigenvalue weighted by molar-refractivity contribution is 0.624. The van der Waals surface area contributed by atoms with E-state index in [1.54, 1.807) is 12.1 Å². The van der Waals surface area contributed by atoms with E-state index in [1.807, 2.05) is 13.0 Å².